The molecular weight excluding hydrogens is 996 g/mol. The van der Waals surface area contributed by atoms with Gasteiger partial charge in [-0.3, -0.25) is 4.79 Å². The molecule has 0 bridgehead atoms. The van der Waals surface area contributed by atoms with Crippen LogP contribution in [0.5, 0.6) is 0 Å². The summed E-state index contributed by atoms with van der Waals surface area (Å²) in [4.78, 5) is 18.6. The number of likely N-dealkylation sites (N-methyl/N-ethyl adjacent to an activating group) is 2. The van der Waals surface area contributed by atoms with E-state index in [4.69, 9.17) is 38.4 Å². The Balaban J connectivity index is 1.41. The van der Waals surface area contributed by atoms with E-state index in [1.54, 1.807) is 53.8 Å². The van der Waals surface area contributed by atoms with Crippen LogP contribution >= 0.6 is 0 Å². The van der Waals surface area contributed by atoms with Gasteiger partial charge in [0.15, 0.2) is 22.4 Å². The average molecular weight is 1080 g/mol. The second kappa shape index (κ2) is 26.1. The number of halogens is 1. The second-order valence-corrected chi connectivity index (χ2v) is 24.4. The van der Waals surface area contributed by atoms with Gasteiger partial charge in [-0.15, -0.1) is 5.10 Å². The minimum atomic E-state index is -3.79. The van der Waals surface area contributed by atoms with E-state index >= 15 is 0 Å². The van der Waals surface area contributed by atoms with Crippen molar-refractivity contribution in [3.8, 4) is 6.07 Å². The third-order valence-corrected chi connectivity index (χ3v) is 17.7. The van der Waals surface area contributed by atoms with E-state index in [0.29, 0.717) is 43.6 Å². The zero-order chi connectivity index (χ0) is 56.0. The summed E-state index contributed by atoms with van der Waals surface area (Å²) >= 11 is 0. The number of alkyl halides is 1. The highest BCUT2D eigenvalue weighted by Crippen LogP contribution is 2.40. The fraction of sp³-hybridized carbons (Fsp3) is 0.811. The van der Waals surface area contributed by atoms with Crippen molar-refractivity contribution in [1.29, 1.82) is 5.26 Å². The second-order valence-electron chi connectivity index (χ2n) is 22.4. The van der Waals surface area contributed by atoms with Gasteiger partial charge in [-0.1, -0.05) is 38.1 Å². The first-order valence-electron chi connectivity index (χ1n) is 26.4. The molecule has 426 valence electrons. The Kier molecular flexibility index (Phi) is 21.8. The number of carbonyl (C=O) groups is 1. The molecule has 0 radical (unpaired) electrons. The van der Waals surface area contributed by atoms with E-state index in [1.807, 2.05) is 39.8 Å². The van der Waals surface area contributed by atoms with Crippen LogP contribution in [0.1, 0.15) is 125 Å². The number of hydrogen-bond acceptors (Lipinski definition) is 19. The Morgan fingerprint density at radius 3 is 2.25 bits per heavy atom. The monoisotopic (exact) mass is 1080 g/mol. The van der Waals surface area contributed by atoms with Crippen LogP contribution in [-0.4, -0.2) is 198 Å². The largest absolute Gasteiger partial charge is 0.459 e. The van der Waals surface area contributed by atoms with Crippen molar-refractivity contribution >= 4 is 15.8 Å². The van der Waals surface area contributed by atoms with Crippen molar-refractivity contribution in [1.82, 2.24) is 24.8 Å². The highest BCUT2D eigenvalue weighted by Gasteiger charge is 2.52. The molecule has 3 fully saturated rings. The van der Waals surface area contributed by atoms with E-state index in [2.05, 4.69) is 15.2 Å². The number of nitrogens with zero attached hydrogens (tertiary/aromatic N) is 6. The molecule has 19 atom stereocenters. The van der Waals surface area contributed by atoms with Gasteiger partial charge in [-0.2, -0.15) is 5.26 Å². The standard InChI is InChI=1S/C53H87FN6O14S/c1-15-42-53(10,65)47(61)35(6)59(12)29-31(2)26-51(8,64)49(33(4)45(34(5)50(63)72-42)73-44-27-52(9,69-14)48(62)36(7)71-44)74-43-25-39(24-32(3)70-43)58(11)22-20-38-30-60(57-56-38)41(28-54)46(68-13)37-16-18-40(19-17-37)75(66,67)23-21-55/h16-19,30-36,39,41-49,61-62,64-65H,15,20,22-29H2,1-14H3/t31-,32-,33+,34-,35-,36+,39+,41-,42-,43+,44+,45+,46-,47-,48+,49-,51-,52-,53-/m1/s1. The summed E-state index contributed by atoms with van der Waals surface area (Å²) in [6.45, 7) is 17.8. The number of aromatic nitrogens is 3. The Labute approximate surface area is 444 Å². The number of sulfone groups is 1. The van der Waals surface area contributed by atoms with Crippen molar-refractivity contribution < 1.29 is 71.2 Å². The maximum Gasteiger partial charge on any atom is 0.311 e. The number of ether oxygens (including phenoxy) is 7. The van der Waals surface area contributed by atoms with E-state index in [0.717, 1.165) is 0 Å². The molecule has 0 aliphatic carbocycles. The highest BCUT2D eigenvalue weighted by molar-refractivity contribution is 7.91. The van der Waals surface area contributed by atoms with Crippen LogP contribution < -0.4 is 0 Å². The van der Waals surface area contributed by atoms with Gasteiger partial charge in [0.1, 0.15) is 48.5 Å². The number of rotatable bonds is 17. The Bertz CT molecular complexity index is 2290. The summed E-state index contributed by atoms with van der Waals surface area (Å²) in [5.74, 6) is -3.33. The van der Waals surface area contributed by atoms with Crippen molar-refractivity contribution in [2.75, 3.05) is 53.8 Å². The summed E-state index contributed by atoms with van der Waals surface area (Å²) in [5, 5.41) is 65.1. The number of aliphatic hydroxyl groups is 4. The van der Waals surface area contributed by atoms with Crippen LogP contribution in [0.25, 0.3) is 0 Å². The molecule has 75 heavy (non-hydrogen) atoms. The van der Waals surface area contributed by atoms with Gasteiger partial charge in [0.25, 0.3) is 0 Å². The maximum atomic E-state index is 14.8. The van der Waals surface area contributed by atoms with Crippen LogP contribution in [-0.2, 0) is 54.2 Å². The quantitative estimate of drug-likeness (QED) is 0.161. The van der Waals surface area contributed by atoms with E-state index in [1.165, 1.54) is 50.1 Å². The summed E-state index contributed by atoms with van der Waals surface area (Å²) in [6.07, 6.45) is -5.35. The van der Waals surface area contributed by atoms with Crippen LogP contribution in [0.3, 0.4) is 0 Å². The first-order valence-corrected chi connectivity index (χ1v) is 28.0. The molecule has 0 amide bonds. The van der Waals surface area contributed by atoms with Gasteiger partial charge in [0.2, 0.25) is 0 Å². The molecule has 22 heteroatoms. The number of esters is 1. The van der Waals surface area contributed by atoms with Crippen LogP contribution in [0.15, 0.2) is 35.4 Å². The van der Waals surface area contributed by atoms with E-state index < -0.39 is 124 Å². The molecule has 0 spiro atoms. The number of nitriles is 1. The lowest BCUT2D eigenvalue weighted by Gasteiger charge is -2.48. The Hall–Kier alpha value is -3.28. The molecule has 1 aromatic heterocycles. The van der Waals surface area contributed by atoms with Crippen LogP contribution in [0.4, 0.5) is 4.39 Å². The van der Waals surface area contributed by atoms with Gasteiger partial charge in [-0.25, -0.2) is 17.5 Å². The lowest BCUT2D eigenvalue weighted by Crippen LogP contribution is -2.59. The maximum absolute atomic E-state index is 14.8. The van der Waals surface area contributed by atoms with Gasteiger partial charge < -0.3 is 63.4 Å². The fourth-order valence-electron chi connectivity index (χ4n) is 11.5. The van der Waals surface area contributed by atoms with E-state index in [-0.39, 0.29) is 42.2 Å². The molecule has 3 aliphatic rings. The van der Waals surface area contributed by atoms with Crippen LogP contribution in [0, 0.1) is 29.1 Å². The number of aliphatic hydroxyl groups excluding tert-OH is 2. The lowest BCUT2D eigenvalue weighted by molar-refractivity contribution is -0.308. The third-order valence-electron chi connectivity index (χ3n) is 16.2. The van der Waals surface area contributed by atoms with Gasteiger partial charge >= 0.3 is 5.97 Å². The highest BCUT2D eigenvalue weighted by atomic mass is 32.2. The van der Waals surface area contributed by atoms with Gasteiger partial charge in [0.05, 0.1) is 58.2 Å². The fourth-order valence-corrected chi connectivity index (χ4v) is 12.4. The minimum absolute atomic E-state index is 0.0232. The van der Waals surface area contributed by atoms with Crippen LogP contribution in [0.2, 0.25) is 0 Å². The minimum Gasteiger partial charge on any atom is -0.459 e. The summed E-state index contributed by atoms with van der Waals surface area (Å²) in [5.41, 5.74) is -3.34. The summed E-state index contributed by atoms with van der Waals surface area (Å²) < 4.78 is 85.4. The Morgan fingerprint density at radius 2 is 1.65 bits per heavy atom. The zero-order valence-corrected chi connectivity index (χ0v) is 47.4. The first-order chi connectivity index (χ1) is 35.1. The zero-order valence-electron chi connectivity index (χ0n) is 46.5. The number of cyclic esters (lactones) is 1. The predicted octanol–water partition coefficient (Wildman–Crippen LogP) is 4.33. The molecule has 3 aliphatic heterocycles. The summed E-state index contributed by atoms with van der Waals surface area (Å²) in [7, 11) is 2.97. The van der Waals surface area contributed by atoms with Gasteiger partial charge in [-0.05, 0) is 105 Å². The number of benzene rings is 1. The summed E-state index contributed by atoms with van der Waals surface area (Å²) in [6, 6.07) is 5.92. The number of carbonyl (C=O) groups excluding carboxylic acids is 1. The van der Waals surface area contributed by atoms with E-state index in [9.17, 15) is 38.0 Å². The molecule has 20 nitrogen and oxygen atoms in total. The van der Waals surface area contributed by atoms with Crippen molar-refractivity contribution in [2.45, 2.75) is 209 Å². The van der Waals surface area contributed by atoms with Crippen molar-refractivity contribution in [2.24, 2.45) is 17.8 Å². The molecule has 5 rings (SSSR count). The number of methoxy groups -OCH3 is 2. The molecule has 3 saturated heterocycles. The predicted molar refractivity (Wildman–Crippen MR) is 274 cm³/mol. The first kappa shape index (κ1) is 62.6. The molecular formula is C53H87FN6O14S. The molecule has 2 aromatic rings. The SMILES string of the molecule is CC[C@H]1OC(=O)[C@H](C)[C@@H](O[C@H]2C[C@@](C)(OC)[C@@H](O)[C@H](C)O2)[C@H](C)[C@@H](O[C@H]2C[C@@H](N(C)CCc3cn([C@H](CF)[C@H](OC)c4ccc(S(=O)(=O)CC#N)cc4)nn3)C[C@@H](C)O2)[C@](C)(O)C[C@@H](C)CN(C)[C@H](C)[C@@H](O)[C@]1(C)O. The van der Waals surface area contributed by atoms with Crippen molar-refractivity contribution in [3.63, 3.8) is 0 Å². The topological polar surface area (TPSA) is 258 Å². The number of hydrogen-bond donors (Lipinski definition) is 4. The molecule has 4 heterocycles. The third kappa shape index (κ3) is 14.9. The lowest BCUT2D eigenvalue weighted by atomic mass is 9.77. The molecule has 0 saturated carbocycles. The van der Waals surface area contributed by atoms with Gasteiger partial charge in [0, 0.05) is 70.8 Å². The molecule has 1 aromatic carbocycles. The van der Waals surface area contributed by atoms with Crippen molar-refractivity contribution in [3.05, 3.63) is 41.7 Å². The Morgan fingerprint density at radius 1 is 0.987 bits per heavy atom. The normalized spacial score (nSPS) is 38.0. The molecule has 0 unspecified atom stereocenters. The average Bonchev–Trinajstić information content (AvgIpc) is 3.83. The molecule has 4 N–H and O–H groups in total. The smallest absolute Gasteiger partial charge is 0.311 e.